The summed E-state index contributed by atoms with van der Waals surface area (Å²) in [5.41, 5.74) is 3.08. The van der Waals surface area contributed by atoms with Crippen LogP contribution in [0.2, 0.25) is 0 Å². The molecule has 1 fully saturated rings. The quantitative estimate of drug-likeness (QED) is 0.471. The van der Waals surface area contributed by atoms with Crippen LogP contribution in [0.25, 0.3) is 0 Å². The van der Waals surface area contributed by atoms with E-state index < -0.39 is 15.4 Å². The Morgan fingerprint density at radius 2 is 1.66 bits per heavy atom. The van der Waals surface area contributed by atoms with Gasteiger partial charge < -0.3 is 5.32 Å². The molecule has 0 spiro atoms. The first kappa shape index (κ1) is 22.1. The van der Waals surface area contributed by atoms with Crippen molar-refractivity contribution in [2.75, 3.05) is 11.3 Å². The molecule has 0 atom stereocenters. The Hall–Kier alpha value is -3.12. The Kier molecular flexibility index (Phi) is 6.33. The maximum atomic E-state index is 12.8. The minimum absolute atomic E-state index is 0.0543. The van der Waals surface area contributed by atoms with Gasteiger partial charge in [0.05, 0.1) is 10.3 Å². The standard InChI is InChI=1S/C26H28N2O3S/c1-20-7-5-11-24(19-20)32(30,31)28-23-14-12-22(13-15-23)26(16-17-26)25(29)27-18-6-10-21-8-3-2-4-9-21/h2-5,7-9,11-15,19,28H,6,10,16-18H2,1H3,(H,27,29). The minimum Gasteiger partial charge on any atom is -0.355 e. The van der Waals surface area contributed by atoms with Crippen LogP contribution in [-0.4, -0.2) is 20.9 Å². The Morgan fingerprint density at radius 1 is 0.938 bits per heavy atom. The van der Waals surface area contributed by atoms with Crippen LogP contribution in [0.4, 0.5) is 5.69 Å². The smallest absolute Gasteiger partial charge is 0.261 e. The Bertz CT molecular complexity index is 1190. The van der Waals surface area contributed by atoms with E-state index in [0.29, 0.717) is 12.2 Å². The van der Waals surface area contributed by atoms with Crippen molar-refractivity contribution in [3.05, 3.63) is 95.6 Å². The summed E-state index contributed by atoms with van der Waals surface area (Å²) in [6, 6.07) is 24.2. The number of aryl methyl sites for hydroxylation is 2. The van der Waals surface area contributed by atoms with Gasteiger partial charge >= 0.3 is 0 Å². The van der Waals surface area contributed by atoms with E-state index in [0.717, 1.165) is 36.8 Å². The van der Waals surface area contributed by atoms with E-state index in [1.807, 2.05) is 43.3 Å². The predicted octanol–water partition coefficient (Wildman–Crippen LogP) is 4.58. The van der Waals surface area contributed by atoms with Crippen LogP contribution in [0.5, 0.6) is 0 Å². The van der Waals surface area contributed by atoms with Crippen molar-refractivity contribution in [2.45, 2.75) is 42.9 Å². The molecule has 0 bridgehead atoms. The molecule has 0 aromatic heterocycles. The van der Waals surface area contributed by atoms with Gasteiger partial charge in [-0.3, -0.25) is 9.52 Å². The summed E-state index contributed by atoms with van der Waals surface area (Å²) >= 11 is 0. The van der Waals surface area contributed by atoms with E-state index in [1.165, 1.54) is 5.56 Å². The molecule has 0 aliphatic heterocycles. The van der Waals surface area contributed by atoms with Crippen molar-refractivity contribution in [1.82, 2.24) is 5.32 Å². The van der Waals surface area contributed by atoms with E-state index in [2.05, 4.69) is 22.2 Å². The van der Waals surface area contributed by atoms with Crippen LogP contribution >= 0.6 is 0 Å². The van der Waals surface area contributed by atoms with Crippen molar-refractivity contribution >= 4 is 21.6 Å². The molecule has 6 heteroatoms. The van der Waals surface area contributed by atoms with Gasteiger partial charge in [-0.05, 0) is 73.6 Å². The zero-order valence-electron chi connectivity index (χ0n) is 18.2. The van der Waals surface area contributed by atoms with Gasteiger partial charge in [-0.25, -0.2) is 8.42 Å². The van der Waals surface area contributed by atoms with Gasteiger partial charge in [-0.1, -0.05) is 54.6 Å². The minimum atomic E-state index is -3.65. The third-order valence-corrected chi connectivity index (χ3v) is 7.32. The second kappa shape index (κ2) is 9.17. The number of rotatable bonds is 9. The highest BCUT2D eigenvalue weighted by atomic mass is 32.2. The predicted molar refractivity (Wildman–Crippen MR) is 127 cm³/mol. The number of nitrogens with one attached hydrogen (secondary N) is 2. The zero-order chi connectivity index (χ0) is 22.6. The number of anilines is 1. The summed E-state index contributed by atoms with van der Waals surface area (Å²) in [6.45, 7) is 2.50. The maximum absolute atomic E-state index is 12.8. The molecule has 2 N–H and O–H groups in total. The molecule has 3 aromatic carbocycles. The fraction of sp³-hybridized carbons (Fsp3) is 0.269. The summed E-state index contributed by atoms with van der Waals surface area (Å²) in [6.07, 6.45) is 3.45. The van der Waals surface area contributed by atoms with Crippen molar-refractivity contribution in [3.8, 4) is 0 Å². The van der Waals surface area contributed by atoms with Crippen LogP contribution in [0.1, 0.15) is 36.0 Å². The molecule has 3 aromatic rings. The molecule has 0 radical (unpaired) electrons. The van der Waals surface area contributed by atoms with Gasteiger partial charge in [-0.2, -0.15) is 0 Å². The molecular weight excluding hydrogens is 420 g/mol. The topological polar surface area (TPSA) is 75.3 Å². The zero-order valence-corrected chi connectivity index (χ0v) is 19.0. The van der Waals surface area contributed by atoms with Crippen LogP contribution in [0, 0.1) is 6.92 Å². The number of hydrogen-bond acceptors (Lipinski definition) is 3. The highest BCUT2D eigenvalue weighted by Gasteiger charge is 2.51. The van der Waals surface area contributed by atoms with Crippen molar-refractivity contribution in [3.63, 3.8) is 0 Å². The fourth-order valence-electron chi connectivity index (χ4n) is 3.93. The van der Waals surface area contributed by atoms with E-state index in [9.17, 15) is 13.2 Å². The Labute approximate surface area is 189 Å². The molecule has 0 unspecified atom stereocenters. The molecule has 0 heterocycles. The second-order valence-electron chi connectivity index (χ2n) is 8.43. The van der Waals surface area contributed by atoms with E-state index in [1.54, 1.807) is 30.3 Å². The average molecular weight is 449 g/mol. The van der Waals surface area contributed by atoms with Gasteiger partial charge in [0.15, 0.2) is 0 Å². The number of benzene rings is 3. The Balaban J connectivity index is 1.35. The highest BCUT2D eigenvalue weighted by molar-refractivity contribution is 7.92. The van der Waals surface area contributed by atoms with Crippen molar-refractivity contribution < 1.29 is 13.2 Å². The lowest BCUT2D eigenvalue weighted by atomic mass is 9.94. The van der Waals surface area contributed by atoms with Crippen LogP contribution in [0.15, 0.2) is 83.8 Å². The van der Waals surface area contributed by atoms with Gasteiger partial charge in [0, 0.05) is 12.2 Å². The molecule has 5 nitrogen and oxygen atoms in total. The monoisotopic (exact) mass is 448 g/mol. The molecule has 32 heavy (non-hydrogen) atoms. The van der Waals surface area contributed by atoms with Crippen molar-refractivity contribution in [1.29, 1.82) is 0 Å². The summed E-state index contributed by atoms with van der Waals surface area (Å²) in [4.78, 5) is 13.1. The third-order valence-electron chi connectivity index (χ3n) is 5.94. The summed E-state index contributed by atoms with van der Waals surface area (Å²) in [5.74, 6) is 0.0543. The molecule has 4 rings (SSSR count). The summed E-state index contributed by atoms with van der Waals surface area (Å²) in [7, 11) is -3.65. The molecule has 1 aliphatic rings. The lowest BCUT2D eigenvalue weighted by Crippen LogP contribution is -2.35. The molecule has 1 aliphatic carbocycles. The van der Waals surface area contributed by atoms with Gasteiger partial charge in [-0.15, -0.1) is 0 Å². The first-order valence-electron chi connectivity index (χ1n) is 10.9. The number of amides is 1. The van der Waals surface area contributed by atoms with Crippen molar-refractivity contribution in [2.24, 2.45) is 0 Å². The highest BCUT2D eigenvalue weighted by Crippen LogP contribution is 2.48. The summed E-state index contributed by atoms with van der Waals surface area (Å²) < 4.78 is 27.9. The molecule has 166 valence electrons. The van der Waals surface area contributed by atoms with Gasteiger partial charge in [0.1, 0.15) is 0 Å². The lowest BCUT2D eigenvalue weighted by Gasteiger charge is -2.17. The molecule has 1 saturated carbocycles. The average Bonchev–Trinajstić information content (AvgIpc) is 3.60. The number of carbonyl (C=O) groups is 1. The molecule has 1 amide bonds. The van der Waals surface area contributed by atoms with Crippen LogP contribution < -0.4 is 10.0 Å². The molecule has 0 saturated heterocycles. The fourth-order valence-corrected chi connectivity index (χ4v) is 5.10. The first-order chi connectivity index (χ1) is 15.4. The summed E-state index contributed by atoms with van der Waals surface area (Å²) in [5, 5.41) is 3.08. The maximum Gasteiger partial charge on any atom is 0.261 e. The number of carbonyl (C=O) groups excluding carboxylic acids is 1. The normalized spacial score (nSPS) is 14.5. The van der Waals surface area contributed by atoms with Gasteiger partial charge in [0.2, 0.25) is 5.91 Å². The van der Waals surface area contributed by atoms with Gasteiger partial charge in [0.25, 0.3) is 10.0 Å². The third kappa shape index (κ3) is 5.02. The SMILES string of the molecule is Cc1cccc(S(=O)(=O)Nc2ccc(C3(C(=O)NCCCc4ccccc4)CC3)cc2)c1. The van der Waals surface area contributed by atoms with E-state index in [-0.39, 0.29) is 10.8 Å². The lowest BCUT2D eigenvalue weighted by molar-refractivity contribution is -0.123. The largest absolute Gasteiger partial charge is 0.355 e. The molecular formula is C26H28N2O3S. The second-order valence-corrected chi connectivity index (χ2v) is 10.1. The number of hydrogen-bond donors (Lipinski definition) is 2. The van der Waals surface area contributed by atoms with Crippen LogP contribution in [0.3, 0.4) is 0 Å². The van der Waals surface area contributed by atoms with E-state index >= 15 is 0 Å². The number of sulfonamides is 1. The van der Waals surface area contributed by atoms with Crippen LogP contribution in [-0.2, 0) is 26.7 Å². The first-order valence-corrected chi connectivity index (χ1v) is 12.4. The Morgan fingerprint density at radius 3 is 2.31 bits per heavy atom. The van der Waals surface area contributed by atoms with E-state index in [4.69, 9.17) is 0 Å².